The molecule has 1 aromatic heterocycles. The molecule has 2 heterocycles. The van der Waals surface area contributed by atoms with Crippen LogP contribution >= 0.6 is 11.6 Å². The Bertz CT molecular complexity index is 721. The second kappa shape index (κ2) is 8.11. The van der Waals surface area contributed by atoms with Gasteiger partial charge in [-0.1, -0.05) is 30.2 Å². The lowest BCUT2D eigenvalue weighted by atomic mass is 10.2. The predicted octanol–water partition coefficient (Wildman–Crippen LogP) is 3.03. The van der Waals surface area contributed by atoms with E-state index in [-0.39, 0.29) is 5.91 Å². The molecule has 1 amide bonds. The molecule has 0 spiro atoms. The van der Waals surface area contributed by atoms with Crippen LogP contribution in [0.3, 0.4) is 0 Å². The van der Waals surface area contributed by atoms with Crippen molar-refractivity contribution < 1.29 is 4.79 Å². The molecule has 0 saturated carbocycles. The average Bonchev–Trinajstić information content (AvgIpc) is 2.81. The van der Waals surface area contributed by atoms with Crippen LogP contribution in [0.2, 0.25) is 5.02 Å². The summed E-state index contributed by atoms with van der Waals surface area (Å²) in [7, 11) is 0. The SMILES string of the molecule is O=C(/C=C/c1ccc(Cl)cc1)NCCc1nnc2n1CCCCC2. The summed E-state index contributed by atoms with van der Waals surface area (Å²) in [6.45, 7) is 1.55. The van der Waals surface area contributed by atoms with Gasteiger partial charge in [0.15, 0.2) is 0 Å². The van der Waals surface area contributed by atoms with Gasteiger partial charge in [-0.2, -0.15) is 0 Å². The number of carbonyl (C=O) groups is 1. The van der Waals surface area contributed by atoms with Gasteiger partial charge in [-0.3, -0.25) is 4.79 Å². The van der Waals surface area contributed by atoms with E-state index < -0.39 is 0 Å². The van der Waals surface area contributed by atoms with Crippen molar-refractivity contribution in [3.05, 3.63) is 52.6 Å². The molecule has 0 radical (unpaired) electrons. The Balaban J connectivity index is 1.48. The van der Waals surface area contributed by atoms with Crippen molar-refractivity contribution in [3.8, 4) is 0 Å². The molecule has 1 aliphatic heterocycles. The van der Waals surface area contributed by atoms with Crippen LogP contribution in [0.25, 0.3) is 6.08 Å². The van der Waals surface area contributed by atoms with Crippen molar-refractivity contribution in [2.24, 2.45) is 0 Å². The third-order valence-corrected chi connectivity index (χ3v) is 4.38. The Morgan fingerprint density at radius 3 is 2.88 bits per heavy atom. The van der Waals surface area contributed by atoms with E-state index in [1.54, 1.807) is 18.2 Å². The van der Waals surface area contributed by atoms with Crippen LogP contribution in [0.15, 0.2) is 30.3 Å². The number of amides is 1. The number of aryl methyl sites for hydroxylation is 1. The maximum absolute atomic E-state index is 11.9. The van der Waals surface area contributed by atoms with Crippen molar-refractivity contribution in [2.75, 3.05) is 6.54 Å². The second-order valence-electron chi connectivity index (χ2n) is 5.92. The summed E-state index contributed by atoms with van der Waals surface area (Å²) < 4.78 is 2.21. The van der Waals surface area contributed by atoms with Crippen LogP contribution in [-0.4, -0.2) is 27.2 Å². The van der Waals surface area contributed by atoms with E-state index >= 15 is 0 Å². The number of aromatic nitrogens is 3. The molecule has 0 fully saturated rings. The van der Waals surface area contributed by atoms with E-state index in [1.807, 2.05) is 12.1 Å². The number of hydrogen-bond acceptors (Lipinski definition) is 3. The molecule has 24 heavy (non-hydrogen) atoms. The highest BCUT2D eigenvalue weighted by atomic mass is 35.5. The summed E-state index contributed by atoms with van der Waals surface area (Å²) >= 11 is 5.84. The van der Waals surface area contributed by atoms with Crippen molar-refractivity contribution in [1.82, 2.24) is 20.1 Å². The molecule has 3 rings (SSSR count). The van der Waals surface area contributed by atoms with Gasteiger partial charge < -0.3 is 9.88 Å². The van der Waals surface area contributed by atoms with Gasteiger partial charge in [-0.25, -0.2) is 0 Å². The van der Waals surface area contributed by atoms with E-state index in [4.69, 9.17) is 11.6 Å². The topological polar surface area (TPSA) is 59.8 Å². The van der Waals surface area contributed by atoms with E-state index in [9.17, 15) is 4.79 Å². The average molecular weight is 345 g/mol. The largest absolute Gasteiger partial charge is 0.352 e. The molecule has 5 nitrogen and oxygen atoms in total. The third kappa shape index (κ3) is 4.45. The van der Waals surface area contributed by atoms with E-state index in [0.29, 0.717) is 18.0 Å². The van der Waals surface area contributed by atoms with Gasteiger partial charge >= 0.3 is 0 Å². The molecule has 0 atom stereocenters. The first-order chi connectivity index (χ1) is 11.7. The number of carbonyl (C=O) groups excluding carboxylic acids is 1. The number of nitrogens with zero attached hydrogens (tertiary/aromatic N) is 3. The maximum atomic E-state index is 11.9. The minimum Gasteiger partial charge on any atom is -0.352 e. The Labute approximate surface area is 146 Å². The normalized spacial score (nSPS) is 14.4. The van der Waals surface area contributed by atoms with Gasteiger partial charge in [0.1, 0.15) is 11.6 Å². The van der Waals surface area contributed by atoms with Gasteiger partial charge in [0.05, 0.1) is 0 Å². The zero-order valence-electron chi connectivity index (χ0n) is 13.5. The molecule has 0 aliphatic carbocycles. The van der Waals surface area contributed by atoms with Crippen LogP contribution in [0.4, 0.5) is 0 Å². The Hall–Kier alpha value is -2.14. The van der Waals surface area contributed by atoms with Crippen LogP contribution in [0.1, 0.15) is 36.5 Å². The van der Waals surface area contributed by atoms with Crippen LogP contribution in [0.5, 0.6) is 0 Å². The van der Waals surface area contributed by atoms with Crippen LogP contribution < -0.4 is 5.32 Å². The molecular formula is C18H21ClN4O. The zero-order valence-corrected chi connectivity index (χ0v) is 14.3. The molecule has 2 aromatic rings. The van der Waals surface area contributed by atoms with Gasteiger partial charge in [-0.15, -0.1) is 10.2 Å². The fourth-order valence-corrected chi connectivity index (χ4v) is 2.96. The molecule has 126 valence electrons. The first-order valence-electron chi connectivity index (χ1n) is 8.35. The van der Waals surface area contributed by atoms with Crippen molar-refractivity contribution >= 4 is 23.6 Å². The highest BCUT2D eigenvalue weighted by Crippen LogP contribution is 2.14. The lowest BCUT2D eigenvalue weighted by molar-refractivity contribution is -0.116. The quantitative estimate of drug-likeness (QED) is 0.848. The fourth-order valence-electron chi connectivity index (χ4n) is 2.83. The summed E-state index contributed by atoms with van der Waals surface area (Å²) in [6.07, 6.45) is 8.62. The lowest BCUT2D eigenvalue weighted by Crippen LogP contribution is -2.24. The smallest absolute Gasteiger partial charge is 0.244 e. The number of halogens is 1. The van der Waals surface area contributed by atoms with E-state index in [2.05, 4.69) is 20.1 Å². The van der Waals surface area contributed by atoms with Crippen molar-refractivity contribution in [3.63, 3.8) is 0 Å². The minimum absolute atomic E-state index is 0.111. The predicted molar refractivity (Wildman–Crippen MR) is 94.8 cm³/mol. The maximum Gasteiger partial charge on any atom is 0.244 e. The molecule has 0 bridgehead atoms. The lowest BCUT2D eigenvalue weighted by Gasteiger charge is -2.07. The minimum atomic E-state index is -0.111. The van der Waals surface area contributed by atoms with Crippen molar-refractivity contribution in [2.45, 2.75) is 38.6 Å². The number of hydrogen-bond donors (Lipinski definition) is 1. The summed E-state index contributed by atoms with van der Waals surface area (Å²) in [4.78, 5) is 11.9. The molecule has 1 aliphatic rings. The Morgan fingerprint density at radius 2 is 2.04 bits per heavy atom. The molecule has 6 heteroatoms. The van der Waals surface area contributed by atoms with Gasteiger partial charge in [-0.05, 0) is 36.6 Å². The number of benzene rings is 1. The third-order valence-electron chi connectivity index (χ3n) is 4.13. The molecule has 0 unspecified atom stereocenters. The van der Waals surface area contributed by atoms with Crippen molar-refractivity contribution in [1.29, 1.82) is 0 Å². The van der Waals surface area contributed by atoms with Gasteiger partial charge in [0, 0.05) is 37.0 Å². The summed E-state index contributed by atoms with van der Waals surface area (Å²) in [5.41, 5.74) is 0.942. The monoisotopic (exact) mass is 344 g/mol. The number of fused-ring (bicyclic) bond motifs is 1. The van der Waals surface area contributed by atoms with Crippen LogP contribution in [-0.2, 0) is 24.2 Å². The second-order valence-corrected chi connectivity index (χ2v) is 6.36. The van der Waals surface area contributed by atoms with E-state index in [0.717, 1.165) is 30.2 Å². The van der Waals surface area contributed by atoms with Crippen LogP contribution in [0, 0.1) is 0 Å². The molecule has 1 N–H and O–H groups in total. The standard InChI is InChI=1S/C18H21ClN4O/c19-15-8-5-14(6-9-15)7-10-18(24)20-12-11-17-22-21-16-4-2-1-3-13-23(16)17/h5-10H,1-4,11-13H2,(H,20,24)/b10-7+. The fraction of sp³-hybridized carbons (Fsp3) is 0.389. The summed E-state index contributed by atoms with van der Waals surface area (Å²) in [6, 6.07) is 7.35. The first kappa shape index (κ1) is 16.7. The number of nitrogens with one attached hydrogen (secondary N) is 1. The Morgan fingerprint density at radius 1 is 1.21 bits per heavy atom. The van der Waals surface area contributed by atoms with E-state index in [1.165, 1.54) is 25.3 Å². The molecule has 1 aromatic carbocycles. The summed E-state index contributed by atoms with van der Waals surface area (Å²) in [5.74, 6) is 1.94. The molecular weight excluding hydrogens is 324 g/mol. The summed E-state index contributed by atoms with van der Waals surface area (Å²) in [5, 5.41) is 12.1. The van der Waals surface area contributed by atoms with Gasteiger partial charge in [0.25, 0.3) is 0 Å². The Kier molecular flexibility index (Phi) is 5.64. The zero-order chi connectivity index (χ0) is 16.8. The van der Waals surface area contributed by atoms with Gasteiger partial charge in [0.2, 0.25) is 5.91 Å². The first-order valence-corrected chi connectivity index (χ1v) is 8.72. The highest BCUT2D eigenvalue weighted by molar-refractivity contribution is 6.30. The highest BCUT2D eigenvalue weighted by Gasteiger charge is 2.14. The molecule has 0 saturated heterocycles. The number of rotatable bonds is 5.